The second-order valence-corrected chi connectivity index (χ2v) is 7.83. The molecule has 0 amide bonds. The van der Waals surface area contributed by atoms with Crippen LogP contribution >= 0.6 is 23.5 Å². The van der Waals surface area contributed by atoms with Crippen molar-refractivity contribution in [3.63, 3.8) is 0 Å². The smallest absolute Gasteiger partial charge is 0.316 e. The molecule has 3 rings (SSSR count). The maximum absolute atomic E-state index is 12.1. The van der Waals surface area contributed by atoms with Crippen molar-refractivity contribution in [1.29, 1.82) is 0 Å². The molecule has 28 heavy (non-hydrogen) atoms. The van der Waals surface area contributed by atoms with Gasteiger partial charge < -0.3 is 9.30 Å². The highest BCUT2D eigenvalue weighted by Gasteiger charge is 2.14. The average Bonchev–Trinajstić information content (AvgIpc) is 3.12. The van der Waals surface area contributed by atoms with E-state index in [1.54, 1.807) is 17.8 Å². The maximum atomic E-state index is 12.1. The van der Waals surface area contributed by atoms with Gasteiger partial charge in [-0.05, 0) is 17.7 Å². The highest BCUT2D eigenvalue weighted by Crippen LogP contribution is 2.24. The number of carbonyl (C=O) groups is 1. The lowest BCUT2D eigenvalue weighted by atomic mass is 10.2. The third-order valence-electron chi connectivity index (χ3n) is 3.78. The standard InChI is InChI=1S/C21H21N3O2S2/c1-2-13-24-19(15-27-18-11-7-4-8-12-18)22-23-21(24)28-16-20(25)26-14-17-9-5-3-6-10-17/h2-12H,1,13-16H2. The van der Waals surface area contributed by atoms with Gasteiger partial charge in [0.15, 0.2) is 5.16 Å². The molecule has 0 fully saturated rings. The van der Waals surface area contributed by atoms with Crippen molar-refractivity contribution < 1.29 is 9.53 Å². The van der Waals surface area contributed by atoms with E-state index in [1.807, 2.05) is 53.1 Å². The maximum Gasteiger partial charge on any atom is 0.316 e. The van der Waals surface area contributed by atoms with E-state index < -0.39 is 0 Å². The zero-order chi connectivity index (χ0) is 19.6. The van der Waals surface area contributed by atoms with Crippen molar-refractivity contribution in [3.8, 4) is 0 Å². The molecule has 0 unspecified atom stereocenters. The van der Waals surface area contributed by atoms with Crippen LogP contribution in [0.4, 0.5) is 0 Å². The highest BCUT2D eigenvalue weighted by atomic mass is 32.2. The summed E-state index contributed by atoms with van der Waals surface area (Å²) in [5, 5.41) is 9.23. The Morgan fingerprint density at radius 3 is 2.46 bits per heavy atom. The first-order valence-electron chi connectivity index (χ1n) is 8.79. The first-order chi connectivity index (χ1) is 13.8. The summed E-state index contributed by atoms with van der Waals surface area (Å²) < 4.78 is 7.30. The second kappa shape index (κ2) is 10.7. The van der Waals surface area contributed by atoms with Crippen LogP contribution in [-0.2, 0) is 28.4 Å². The molecule has 1 heterocycles. The minimum Gasteiger partial charge on any atom is -0.460 e. The molecule has 7 heteroatoms. The van der Waals surface area contributed by atoms with Gasteiger partial charge in [-0.2, -0.15) is 0 Å². The summed E-state index contributed by atoms with van der Waals surface area (Å²) in [5.74, 6) is 1.47. The van der Waals surface area contributed by atoms with Crippen LogP contribution in [0.15, 0.2) is 83.4 Å². The van der Waals surface area contributed by atoms with Crippen LogP contribution in [0.25, 0.3) is 0 Å². The van der Waals surface area contributed by atoms with E-state index in [0.717, 1.165) is 11.4 Å². The molecule has 1 aromatic heterocycles. The summed E-state index contributed by atoms with van der Waals surface area (Å²) in [7, 11) is 0. The SMILES string of the molecule is C=CCn1c(CSc2ccccc2)nnc1SCC(=O)OCc1ccccc1. The van der Waals surface area contributed by atoms with Gasteiger partial charge in [0.25, 0.3) is 0 Å². The Labute approximate surface area is 173 Å². The first-order valence-corrected chi connectivity index (χ1v) is 10.8. The fourth-order valence-electron chi connectivity index (χ4n) is 2.41. The Hall–Kier alpha value is -2.51. The number of hydrogen-bond donors (Lipinski definition) is 0. The van der Waals surface area contributed by atoms with Crippen molar-refractivity contribution in [1.82, 2.24) is 14.8 Å². The summed E-state index contributed by atoms with van der Waals surface area (Å²) in [5.41, 5.74) is 0.968. The monoisotopic (exact) mass is 411 g/mol. The average molecular weight is 412 g/mol. The second-order valence-electron chi connectivity index (χ2n) is 5.83. The van der Waals surface area contributed by atoms with Gasteiger partial charge in [-0.1, -0.05) is 66.4 Å². The van der Waals surface area contributed by atoms with Crippen molar-refractivity contribution in [3.05, 3.63) is 84.7 Å². The van der Waals surface area contributed by atoms with Crippen LogP contribution in [0.3, 0.4) is 0 Å². The van der Waals surface area contributed by atoms with E-state index in [4.69, 9.17) is 4.74 Å². The Bertz CT molecular complexity index is 899. The molecule has 0 radical (unpaired) electrons. The van der Waals surface area contributed by atoms with Gasteiger partial charge in [0.2, 0.25) is 0 Å². The lowest BCUT2D eigenvalue weighted by molar-refractivity contribution is -0.141. The third-order valence-corrected chi connectivity index (χ3v) is 5.73. The Balaban J connectivity index is 1.54. The fraction of sp³-hybridized carbons (Fsp3) is 0.190. The molecule has 0 N–H and O–H groups in total. The minimum atomic E-state index is -0.276. The van der Waals surface area contributed by atoms with Crippen LogP contribution < -0.4 is 0 Å². The molecule has 2 aromatic carbocycles. The van der Waals surface area contributed by atoms with Crippen molar-refractivity contribution in [2.75, 3.05) is 5.75 Å². The topological polar surface area (TPSA) is 57.0 Å². The zero-order valence-corrected chi connectivity index (χ0v) is 17.0. The number of hydrogen-bond acceptors (Lipinski definition) is 6. The van der Waals surface area contributed by atoms with Crippen LogP contribution in [0.5, 0.6) is 0 Å². The third kappa shape index (κ3) is 6.00. The van der Waals surface area contributed by atoms with Gasteiger partial charge >= 0.3 is 5.97 Å². The van der Waals surface area contributed by atoms with E-state index in [1.165, 1.54) is 16.7 Å². The molecule has 0 spiro atoms. The summed E-state index contributed by atoms with van der Waals surface area (Å²) in [6.45, 7) is 4.68. The molecule has 0 atom stereocenters. The number of benzene rings is 2. The molecule has 0 bridgehead atoms. The molecule has 0 saturated carbocycles. The van der Waals surface area contributed by atoms with E-state index in [2.05, 4.69) is 28.9 Å². The number of thioether (sulfide) groups is 2. The van der Waals surface area contributed by atoms with Gasteiger partial charge in [-0.15, -0.1) is 28.5 Å². The minimum absolute atomic E-state index is 0.188. The number of nitrogens with zero attached hydrogens (tertiary/aromatic N) is 3. The van der Waals surface area contributed by atoms with Crippen LogP contribution in [0.2, 0.25) is 0 Å². The largest absolute Gasteiger partial charge is 0.460 e. The van der Waals surface area contributed by atoms with Crippen molar-refractivity contribution in [2.24, 2.45) is 0 Å². The first kappa shape index (κ1) is 20.2. The Kier molecular flexibility index (Phi) is 7.75. The quantitative estimate of drug-likeness (QED) is 0.276. The number of esters is 1. The van der Waals surface area contributed by atoms with Gasteiger partial charge in [0.05, 0.1) is 11.5 Å². The summed E-state index contributed by atoms with van der Waals surface area (Å²) in [4.78, 5) is 13.2. The van der Waals surface area contributed by atoms with Crippen molar-refractivity contribution in [2.45, 2.75) is 29.0 Å². The van der Waals surface area contributed by atoms with Crippen molar-refractivity contribution >= 4 is 29.5 Å². The molecule has 5 nitrogen and oxygen atoms in total. The summed E-state index contributed by atoms with van der Waals surface area (Å²) in [6, 6.07) is 19.8. The number of carbonyl (C=O) groups excluding carboxylic acids is 1. The van der Waals surface area contributed by atoms with E-state index >= 15 is 0 Å². The normalized spacial score (nSPS) is 10.6. The molecular formula is C21H21N3O2S2. The molecule has 144 valence electrons. The van der Waals surface area contributed by atoms with Crippen LogP contribution in [0, 0.1) is 0 Å². The van der Waals surface area contributed by atoms with E-state index in [-0.39, 0.29) is 18.3 Å². The number of ether oxygens (including phenoxy) is 1. The lowest BCUT2D eigenvalue weighted by Gasteiger charge is -2.08. The van der Waals surface area contributed by atoms with E-state index in [0.29, 0.717) is 17.5 Å². The Morgan fingerprint density at radius 1 is 1.04 bits per heavy atom. The fourth-order valence-corrected chi connectivity index (χ4v) is 4.04. The molecule has 0 aliphatic carbocycles. The number of aromatic nitrogens is 3. The highest BCUT2D eigenvalue weighted by molar-refractivity contribution is 7.99. The lowest BCUT2D eigenvalue weighted by Crippen LogP contribution is -2.09. The van der Waals surface area contributed by atoms with Gasteiger partial charge in [0, 0.05) is 11.4 Å². The van der Waals surface area contributed by atoms with Gasteiger partial charge in [-0.3, -0.25) is 4.79 Å². The number of allylic oxidation sites excluding steroid dienone is 1. The zero-order valence-electron chi connectivity index (χ0n) is 15.4. The van der Waals surface area contributed by atoms with Crippen LogP contribution in [0.1, 0.15) is 11.4 Å². The summed E-state index contributed by atoms with van der Waals surface area (Å²) in [6.07, 6.45) is 1.80. The molecule has 0 aliphatic rings. The van der Waals surface area contributed by atoms with E-state index in [9.17, 15) is 4.79 Å². The predicted molar refractivity (Wildman–Crippen MR) is 113 cm³/mol. The number of rotatable bonds is 10. The van der Waals surface area contributed by atoms with Gasteiger partial charge in [0.1, 0.15) is 12.4 Å². The molecule has 0 saturated heterocycles. The van der Waals surface area contributed by atoms with Crippen LogP contribution in [-0.4, -0.2) is 26.5 Å². The van der Waals surface area contributed by atoms with Gasteiger partial charge in [-0.25, -0.2) is 0 Å². The Morgan fingerprint density at radius 2 is 1.75 bits per heavy atom. The summed E-state index contributed by atoms with van der Waals surface area (Å²) >= 11 is 3.03. The molecular weight excluding hydrogens is 390 g/mol. The predicted octanol–water partition coefficient (Wildman–Crippen LogP) is 4.59. The molecule has 3 aromatic rings. The molecule has 0 aliphatic heterocycles.